The Labute approximate surface area is 233 Å². The van der Waals surface area contributed by atoms with E-state index in [4.69, 9.17) is 27.9 Å². The molecular weight excluding hydrogens is 548 g/mol. The zero-order chi connectivity index (χ0) is 27.5. The van der Waals surface area contributed by atoms with E-state index in [0.717, 1.165) is 6.42 Å². The quantitative estimate of drug-likeness (QED) is 0.309. The van der Waals surface area contributed by atoms with Crippen LogP contribution in [0.5, 0.6) is 5.75 Å². The summed E-state index contributed by atoms with van der Waals surface area (Å²) in [6, 6.07) is 7.32. The van der Waals surface area contributed by atoms with Crippen LogP contribution < -0.4 is 10.1 Å². The Morgan fingerprint density at radius 1 is 1.23 bits per heavy atom. The van der Waals surface area contributed by atoms with Gasteiger partial charge in [0.05, 0.1) is 5.52 Å². The second kappa shape index (κ2) is 9.75. The van der Waals surface area contributed by atoms with E-state index >= 15 is 0 Å². The maximum absolute atomic E-state index is 13.9. The van der Waals surface area contributed by atoms with Crippen LogP contribution in [0.1, 0.15) is 42.4 Å². The molecule has 1 aromatic carbocycles. The number of nitrogens with zero attached hydrogens (tertiary/aromatic N) is 4. The molecule has 9 nitrogen and oxygen atoms in total. The summed E-state index contributed by atoms with van der Waals surface area (Å²) >= 11 is 12.1. The van der Waals surface area contributed by atoms with Gasteiger partial charge in [-0.15, -0.1) is 23.2 Å². The number of carbonyl (C=O) groups excluding carboxylic acids is 3. The van der Waals surface area contributed by atoms with Gasteiger partial charge >= 0.3 is 0 Å². The number of Topliss-reactive ketones (excluding diaryl/α,β-unsaturated/α-hetero) is 1. The molecule has 2 saturated carbocycles. The number of halogens is 3. The molecule has 2 aromatic heterocycles. The first-order chi connectivity index (χ1) is 18.6. The third kappa shape index (κ3) is 5.07. The van der Waals surface area contributed by atoms with Gasteiger partial charge in [-0.1, -0.05) is 0 Å². The van der Waals surface area contributed by atoms with Crippen molar-refractivity contribution in [3.8, 4) is 5.75 Å². The van der Waals surface area contributed by atoms with Gasteiger partial charge in [-0.2, -0.15) is 5.10 Å². The van der Waals surface area contributed by atoms with Crippen molar-refractivity contribution in [2.45, 2.75) is 55.8 Å². The highest BCUT2D eigenvalue weighted by Gasteiger charge is 2.56. The third-order valence-electron chi connectivity index (χ3n) is 7.72. The van der Waals surface area contributed by atoms with Gasteiger partial charge in [0.15, 0.2) is 5.78 Å². The predicted molar refractivity (Wildman–Crippen MR) is 141 cm³/mol. The van der Waals surface area contributed by atoms with Crippen molar-refractivity contribution in [2.75, 3.05) is 6.54 Å². The molecule has 3 aliphatic rings. The number of hydrogen-bond acceptors (Lipinski definition) is 6. The van der Waals surface area contributed by atoms with Crippen LogP contribution in [-0.2, 0) is 22.7 Å². The lowest BCUT2D eigenvalue weighted by atomic mass is 10.1. The molecule has 0 bridgehead atoms. The van der Waals surface area contributed by atoms with Crippen LogP contribution in [0.3, 0.4) is 0 Å². The first-order valence-corrected chi connectivity index (χ1v) is 13.6. The zero-order valence-electron chi connectivity index (χ0n) is 21.1. The first-order valence-electron chi connectivity index (χ1n) is 12.8. The summed E-state index contributed by atoms with van der Waals surface area (Å²) in [7, 11) is 0. The van der Waals surface area contributed by atoms with E-state index < -0.39 is 16.2 Å². The minimum atomic E-state index is -0.782. The number of benzene rings is 1. The van der Waals surface area contributed by atoms with Crippen molar-refractivity contribution < 1.29 is 23.5 Å². The second-order valence-electron chi connectivity index (χ2n) is 10.5. The van der Waals surface area contributed by atoms with Crippen LogP contribution in [-0.4, -0.2) is 60.2 Å². The topological polar surface area (TPSA) is 106 Å². The summed E-state index contributed by atoms with van der Waals surface area (Å²) in [5, 5.41) is 7.85. The molecule has 204 valence electrons. The van der Waals surface area contributed by atoms with Gasteiger partial charge in [-0.05, 0) is 55.5 Å². The van der Waals surface area contributed by atoms with Gasteiger partial charge in [0.1, 0.15) is 46.5 Å². The SMILES string of the molecule is CC(=O)c1nn(CC(=O)N2[C@@H]3C[C@@H]3C[C@H]2C(=O)NC[C@H]2CC2(Cl)Cl)c2ccc(OCc3ncccc3F)cc12. The minimum absolute atomic E-state index is 0.0159. The molecule has 39 heavy (non-hydrogen) atoms. The summed E-state index contributed by atoms with van der Waals surface area (Å²) < 4.78 is 20.3. The van der Waals surface area contributed by atoms with Crippen LogP contribution in [0.15, 0.2) is 36.5 Å². The van der Waals surface area contributed by atoms with Gasteiger partial charge in [0.25, 0.3) is 0 Å². The molecule has 1 aliphatic heterocycles. The van der Waals surface area contributed by atoms with Crippen LogP contribution >= 0.6 is 23.2 Å². The van der Waals surface area contributed by atoms with Gasteiger partial charge in [0.2, 0.25) is 11.8 Å². The van der Waals surface area contributed by atoms with E-state index in [0.29, 0.717) is 42.0 Å². The van der Waals surface area contributed by atoms with E-state index in [2.05, 4.69) is 15.4 Å². The van der Waals surface area contributed by atoms with Crippen molar-refractivity contribution in [1.82, 2.24) is 25.0 Å². The summed E-state index contributed by atoms with van der Waals surface area (Å²) in [5.74, 6) is -0.437. The Hall–Kier alpha value is -3.24. The Morgan fingerprint density at radius 3 is 2.74 bits per heavy atom. The summed E-state index contributed by atoms with van der Waals surface area (Å²) in [6.45, 7) is 1.57. The van der Waals surface area contributed by atoms with E-state index in [-0.39, 0.29) is 54.1 Å². The highest BCUT2D eigenvalue weighted by molar-refractivity contribution is 6.50. The zero-order valence-corrected chi connectivity index (χ0v) is 22.6. The standard InChI is InChI=1S/C27H26Cl2FN5O4/c1-14(36)25-18-9-17(39-13-20-19(30)3-2-6-31-20)4-5-21(18)34(33-25)12-24(37)35-22-7-15(22)8-23(35)26(38)32-11-16-10-27(16,28)29/h2-6,9,15-16,22-23H,7-8,10-13H2,1H3,(H,32,38)/t15-,16-,22-,23+/m1/s1. The van der Waals surface area contributed by atoms with Crippen LogP contribution in [0.2, 0.25) is 0 Å². The van der Waals surface area contributed by atoms with Gasteiger partial charge < -0.3 is 15.0 Å². The number of ether oxygens (including phenoxy) is 1. The molecule has 0 radical (unpaired) electrons. The maximum Gasteiger partial charge on any atom is 0.245 e. The number of nitrogens with one attached hydrogen (secondary N) is 1. The molecule has 0 spiro atoms. The molecule has 3 heterocycles. The lowest BCUT2D eigenvalue weighted by Crippen LogP contribution is -2.49. The lowest BCUT2D eigenvalue weighted by molar-refractivity contribution is -0.140. The van der Waals surface area contributed by atoms with Crippen molar-refractivity contribution in [3.05, 3.63) is 53.7 Å². The number of alkyl halides is 2. The Balaban J connectivity index is 1.18. The monoisotopic (exact) mass is 573 g/mol. The molecule has 4 atom stereocenters. The average Bonchev–Trinajstić information content (AvgIpc) is 3.69. The molecule has 0 unspecified atom stereocenters. The fourth-order valence-corrected chi connectivity index (χ4v) is 5.92. The number of carbonyl (C=O) groups is 3. The van der Waals surface area contributed by atoms with Crippen molar-refractivity contribution in [1.29, 1.82) is 0 Å². The Bertz CT molecular complexity index is 1490. The molecular formula is C27H26Cl2FN5O4. The van der Waals surface area contributed by atoms with E-state index in [9.17, 15) is 18.8 Å². The molecule has 3 aromatic rings. The Kier molecular flexibility index (Phi) is 6.50. The molecule has 2 aliphatic carbocycles. The average molecular weight is 574 g/mol. The summed E-state index contributed by atoms with van der Waals surface area (Å²) in [4.78, 5) is 44.5. The lowest BCUT2D eigenvalue weighted by Gasteiger charge is -2.27. The smallest absolute Gasteiger partial charge is 0.245 e. The van der Waals surface area contributed by atoms with Crippen LogP contribution in [0, 0.1) is 17.7 Å². The van der Waals surface area contributed by atoms with Crippen LogP contribution in [0.25, 0.3) is 10.9 Å². The predicted octanol–water partition coefficient (Wildman–Crippen LogP) is 3.65. The number of likely N-dealkylation sites (tertiary alicyclic amines) is 1. The van der Waals surface area contributed by atoms with E-state index in [1.165, 1.54) is 29.9 Å². The number of pyridine rings is 1. The van der Waals surface area contributed by atoms with Crippen molar-refractivity contribution in [2.24, 2.45) is 11.8 Å². The minimum Gasteiger partial charge on any atom is -0.487 e. The number of aromatic nitrogens is 3. The number of amides is 2. The van der Waals surface area contributed by atoms with Gasteiger partial charge in [-0.3, -0.25) is 24.0 Å². The van der Waals surface area contributed by atoms with Crippen molar-refractivity contribution in [3.63, 3.8) is 0 Å². The molecule has 1 saturated heterocycles. The van der Waals surface area contributed by atoms with Crippen LogP contribution in [0.4, 0.5) is 4.39 Å². The van der Waals surface area contributed by atoms with Crippen molar-refractivity contribution >= 4 is 51.7 Å². The first kappa shape index (κ1) is 26.0. The molecule has 3 fully saturated rings. The fourth-order valence-electron chi connectivity index (χ4n) is 5.40. The number of piperidine rings is 1. The fraction of sp³-hybridized carbons (Fsp3) is 0.444. The van der Waals surface area contributed by atoms with E-state index in [1.54, 1.807) is 23.1 Å². The number of hydrogen-bond donors (Lipinski definition) is 1. The molecule has 2 amide bonds. The number of fused-ring (bicyclic) bond motifs is 2. The Morgan fingerprint density at radius 2 is 2.03 bits per heavy atom. The number of rotatable bonds is 9. The normalized spacial score (nSPS) is 24.4. The largest absolute Gasteiger partial charge is 0.487 e. The summed E-state index contributed by atoms with van der Waals surface area (Å²) in [6.07, 6.45) is 3.61. The molecule has 1 N–H and O–H groups in total. The second-order valence-corrected chi connectivity index (χ2v) is 12.0. The van der Waals surface area contributed by atoms with E-state index in [1.807, 2.05) is 0 Å². The third-order valence-corrected chi connectivity index (χ3v) is 8.65. The molecule has 6 rings (SSSR count). The highest BCUT2D eigenvalue weighted by atomic mass is 35.5. The summed E-state index contributed by atoms with van der Waals surface area (Å²) in [5.41, 5.74) is 0.934. The van der Waals surface area contributed by atoms with Gasteiger partial charge in [0, 0.05) is 37.0 Å². The van der Waals surface area contributed by atoms with Gasteiger partial charge in [-0.25, -0.2) is 4.39 Å². The molecule has 12 heteroatoms. The highest BCUT2D eigenvalue weighted by Crippen LogP contribution is 2.53. The number of ketones is 1. The maximum atomic E-state index is 13.9.